The molecule has 0 aromatic carbocycles. The van der Waals surface area contributed by atoms with Crippen LogP contribution in [0.4, 0.5) is 0 Å². The van der Waals surface area contributed by atoms with E-state index in [1.807, 2.05) is 0 Å². The molecule has 0 saturated carbocycles. The monoisotopic (exact) mass is 170 g/mol. The summed E-state index contributed by atoms with van der Waals surface area (Å²) >= 11 is 0. The molecule has 0 radical (unpaired) electrons. The maximum Gasteiger partial charge on any atom is 0.470 e. The van der Waals surface area contributed by atoms with E-state index in [-0.39, 0.29) is 6.26 Å². The Morgan fingerprint density at radius 1 is 1.60 bits per heavy atom. The summed E-state index contributed by atoms with van der Waals surface area (Å²) in [6.45, 7) is -0.708. The van der Waals surface area contributed by atoms with Gasteiger partial charge in [-0.2, -0.15) is 0 Å². The van der Waals surface area contributed by atoms with Gasteiger partial charge in [0.25, 0.3) is 0 Å². The van der Waals surface area contributed by atoms with Crippen molar-refractivity contribution >= 4 is 7.82 Å². The number of phosphoric acid groups is 1. The molecule has 4 N–H and O–H groups in total. The molecule has 60 valence electrons. The molecule has 0 aromatic rings. The highest BCUT2D eigenvalue weighted by Crippen LogP contribution is 2.35. The molecule has 0 atom stereocenters. The average Bonchev–Trinajstić information content (AvgIpc) is 1.81. The molecule has 0 aliphatic heterocycles. The first-order valence-corrected chi connectivity index (χ1v) is 3.71. The maximum atomic E-state index is 9.90. The second-order valence-electron chi connectivity index (χ2n) is 1.38. The van der Waals surface area contributed by atoms with Crippen molar-refractivity contribution in [1.29, 1.82) is 0 Å². The van der Waals surface area contributed by atoms with Gasteiger partial charge in [-0.3, -0.25) is 4.52 Å². The van der Waals surface area contributed by atoms with Gasteiger partial charge < -0.3 is 20.0 Å². The van der Waals surface area contributed by atoms with Gasteiger partial charge in [-0.25, -0.2) is 4.57 Å². The van der Waals surface area contributed by atoms with Crippen LogP contribution in [0.5, 0.6) is 0 Å². The van der Waals surface area contributed by atoms with Gasteiger partial charge in [-0.15, -0.1) is 0 Å². The lowest BCUT2D eigenvalue weighted by atomic mass is 10.6. The minimum absolute atomic E-state index is 0.287. The summed E-state index contributed by atoms with van der Waals surface area (Å²) < 4.78 is 13.7. The van der Waals surface area contributed by atoms with Crippen molar-refractivity contribution < 1.29 is 29.1 Å². The molecular formula is C3H7O6P. The van der Waals surface area contributed by atoms with Crippen molar-refractivity contribution in [3.8, 4) is 0 Å². The second kappa shape index (κ2) is 3.58. The van der Waals surface area contributed by atoms with E-state index in [0.29, 0.717) is 0 Å². The van der Waals surface area contributed by atoms with Crippen molar-refractivity contribution in [2.75, 3.05) is 6.61 Å². The standard InChI is InChI=1S/C3H7O6P/c4-1-3(5)2-9-10(6,7)8/h1,4-5H,2H2,(H2,6,7,8)/b3-1-. The molecule has 6 nitrogen and oxygen atoms in total. The van der Waals surface area contributed by atoms with Crippen molar-refractivity contribution in [2.24, 2.45) is 0 Å². The Labute approximate surface area is 56.6 Å². The Bertz CT molecular complexity index is 168. The number of phosphoric ester groups is 1. The zero-order chi connectivity index (χ0) is 8.20. The predicted molar refractivity (Wildman–Crippen MR) is 31.3 cm³/mol. The van der Waals surface area contributed by atoms with E-state index in [0.717, 1.165) is 0 Å². The largest absolute Gasteiger partial charge is 0.512 e. The van der Waals surface area contributed by atoms with Crippen LogP contribution >= 0.6 is 7.82 Å². The van der Waals surface area contributed by atoms with Crippen LogP contribution in [0.3, 0.4) is 0 Å². The normalized spacial score (nSPS) is 13.6. The van der Waals surface area contributed by atoms with Crippen LogP contribution in [0.1, 0.15) is 0 Å². The maximum absolute atomic E-state index is 9.90. The summed E-state index contributed by atoms with van der Waals surface area (Å²) in [6.07, 6.45) is 0.287. The summed E-state index contributed by atoms with van der Waals surface area (Å²) in [5.41, 5.74) is 0. The van der Waals surface area contributed by atoms with Crippen molar-refractivity contribution in [3.63, 3.8) is 0 Å². The smallest absolute Gasteiger partial charge is 0.470 e. The van der Waals surface area contributed by atoms with Crippen molar-refractivity contribution in [1.82, 2.24) is 0 Å². The quantitative estimate of drug-likeness (QED) is 0.352. The van der Waals surface area contributed by atoms with Crippen LogP contribution in [-0.4, -0.2) is 26.6 Å². The van der Waals surface area contributed by atoms with Crippen LogP contribution in [0.2, 0.25) is 0 Å². The summed E-state index contributed by atoms with van der Waals surface area (Å²) in [4.78, 5) is 16.1. The van der Waals surface area contributed by atoms with Gasteiger partial charge >= 0.3 is 7.82 Å². The minimum atomic E-state index is -4.54. The topological polar surface area (TPSA) is 107 Å². The molecule has 0 rings (SSSR count). The highest BCUT2D eigenvalue weighted by Gasteiger charge is 2.13. The van der Waals surface area contributed by atoms with Crippen LogP contribution in [-0.2, 0) is 9.09 Å². The SMILES string of the molecule is O=P(O)(O)OC/C(O)=C/O. The second-order valence-corrected chi connectivity index (χ2v) is 2.62. The van der Waals surface area contributed by atoms with Crippen LogP contribution in [0.25, 0.3) is 0 Å². The molecule has 0 aromatic heterocycles. The summed E-state index contributed by atoms with van der Waals surface area (Å²) in [5, 5.41) is 16.4. The van der Waals surface area contributed by atoms with Crippen LogP contribution in [0.15, 0.2) is 12.0 Å². The van der Waals surface area contributed by atoms with Gasteiger partial charge in [-0.05, 0) is 0 Å². The number of hydrogen-bond acceptors (Lipinski definition) is 4. The summed E-state index contributed by atoms with van der Waals surface area (Å²) in [7, 11) is -4.54. The third-order valence-electron chi connectivity index (χ3n) is 0.530. The fourth-order valence-corrected chi connectivity index (χ4v) is 0.488. The van der Waals surface area contributed by atoms with E-state index in [2.05, 4.69) is 4.52 Å². The summed E-state index contributed by atoms with van der Waals surface area (Å²) in [5.74, 6) is -0.650. The van der Waals surface area contributed by atoms with Crippen LogP contribution < -0.4 is 0 Å². The number of aliphatic hydroxyl groups excluding tert-OH is 2. The summed E-state index contributed by atoms with van der Waals surface area (Å²) in [6, 6.07) is 0. The first kappa shape index (κ1) is 9.45. The van der Waals surface area contributed by atoms with E-state index < -0.39 is 20.2 Å². The predicted octanol–water partition coefficient (Wildman–Crippen LogP) is 0.0531. The number of rotatable bonds is 3. The molecule has 0 unspecified atom stereocenters. The molecule has 0 saturated heterocycles. The van der Waals surface area contributed by atoms with Gasteiger partial charge in [0.1, 0.15) is 12.9 Å². The lowest BCUT2D eigenvalue weighted by molar-refractivity contribution is 0.182. The number of hydrogen-bond donors (Lipinski definition) is 4. The molecule has 0 bridgehead atoms. The van der Waals surface area contributed by atoms with E-state index in [1.54, 1.807) is 0 Å². The zero-order valence-corrected chi connectivity index (χ0v) is 5.73. The molecule has 0 fully saturated rings. The molecule has 0 heterocycles. The van der Waals surface area contributed by atoms with E-state index in [1.165, 1.54) is 0 Å². The highest BCUT2D eigenvalue weighted by molar-refractivity contribution is 7.46. The van der Waals surface area contributed by atoms with Gasteiger partial charge in [-0.1, -0.05) is 0 Å². The fraction of sp³-hybridized carbons (Fsp3) is 0.333. The molecule has 10 heavy (non-hydrogen) atoms. The lowest BCUT2D eigenvalue weighted by Crippen LogP contribution is -1.95. The lowest BCUT2D eigenvalue weighted by Gasteiger charge is -2.02. The third-order valence-corrected chi connectivity index (χ3v) is 0.995. The Hall–Kier alpha value is -0.550. The first-order valence-electron chi connectivity index (χ1n) is 2.18. The van der Waals surface area contributed by atoms with E-state index >= 15 is 0 Å². The Kier molecular flexibility index (Phi) is 3.38. The Morgan fingerprint density at radius 3 is 2.40 bits per heavy atom. The first-order chi connectivity index (χ1) is 4.45. The Morgan fingerprint density at radius 2 is 2.10 bits per heavy atom. The molecule has 0 spiro atoms. The van der Waals surface area contributed by atoms with Gasteiger partial charge in [0, 0.05) is 0 Å². The molecular weight excluding hydrogens is 163 g/mol. The minimum Gasteiger partial charge on any atom is -0.512 e. The van der Waals surface area contributed by atoms with Crippen LogP contribution in [0, 0.1) is 0 Å². The Balaban J connectivity index is 3.67. The fourth-order valence-electron chi connectivity index (χ4n) is 0.187. The van der Waals surface area contributed by atoms with Crippen molar-refractivity contribution in [3.05, 3.63) is 12.0 Å². The highest BCUT2D eigenvalue weighted by atomic mass is 31.2. The molecule has 0 aliphatic rings. The number of aliphatic hydroxyl groups is 2. The molecule has 0 aliphatic carbocycles. The third kappa shape index (κ3) is 5.58. The van der Waals surface area contributed by atoms with Gasteiger partial charge in [0.2, 0.25) is 0 Å². The van der Waals surface area contributed by atoms with E-state index in [4.69, 9.17) is 20.0 Å². The van der Waals surface area contributed by atoms with Gasteiger partial charge in [0.05, 0.1) is 0 Å². The average molecular weight is 170 g/mol. The van der Waals surface area contributed by atoms with Crippen molar-refractivity contribution in [2.45, 2.75) is 0 Å². The molecule has 0 amide bonds. The zero-order valence-electron chi connectivity index (χ0n) is 4.84. The van der Waals surface area contributed by atoms with E-state index in [9.17, 15) is 4.57 Å². The molecule has 7 heteroatoms. The van der Waals surface area contributed by atoms with Gasteiger partial charge in [0.15, 0.2) is 5.76 Å².